The van der Waals surface area contributed by atoms with Crippen LogP contribution in [-0.2, 0) is 0 Å². The Kier molecular flexibility index (Phi) is 1.60. The predicted octanol–water partition coefficient (Wildman–Crippen LogP) is 2.38. The summed E-state index contributed by atoms with van der Waals surface area (Å²) in [4.78, 5) is 0. The normalized spacial score (nSPS) is 37.5. The number of fused-ring (bicyclic) bond motifs is 1. The highest BCUT2D eigenvalue weighted by Gasteiger charge is 2.37. The first-order valence-corrected chi connectivity index (χ1v) is 4.59. The summed E-state index contributed by atoms with van der Waals surface area (Å²) in [6, 6.07) is 0.484. The molecule has 0 aromatic heterocycles. The molecule has 2 rings (SSSR count). The van der Waals surface area contributed by atoms with E-state index in [0.29, 0.717) is 6.04 Å². The Balaban J connectivity index is 2.35. The summed E-state index contributed by atoms with van der Waals surface area (Å²) >= 11 is 0. The zero-order valence-electron chi connectivity index (χ0n) is 7.67. The van der Waals surface area contributed by atoms with Gasteiger partial charge in [0.25, 0.3) is 0 Å². The molecule has 0 saturated heterocycles. The molecule has 2 aliphatic rings. The average molecular weight is 161 g/mol. The van der Waals surface area contributed by atoms with E-state index in [4.69, 9.17) is 0 Å². The topological polar surface area (TPSA) is 12.0 Å². The van der Waals surface area contributed by atoms with Gasteiger partial charge in [-0.25, -0.2) is 0 Å². The van der Waals surface area contributed by atoms with Crippen LogP contribution in [0.2, 0.25) is 0 Å². The van der Waals surface area contributed by atoms with Crippen molar-refractivity contribution in [3.05, 3.63) is 36.1 Å². The largest absolute Gasteiger partial charge is 0.383 e. The molecule has 12 heavy (non-hydrogen) atoms. The predicted molar refractivity (Wildman–Crippen MR) is 51.7 cm³/mol. The van der Waals surface area contributed by atoms with Gasteiger partial charge in [-0.15, -0.1) is 0 Å². The Labute approximate surface area is 73.9 Å². The number of allylic oxidation sites excluding steroid dienone is 2. The lowest BCUT2D eigenvalue weighted by Crippen LogP contribution is -2.34. The van der Waals surface area contributed by atoms with Gasteiger partial charge in [-0.05, 0) is 25.1 Å². The maximum Gasteiger partial charge on any atom is 0.0568 e. The van der Waals surface area contributed by atoms with Crippen molar-refractivity contribution in [1.82, 2.24) is 5.32 Å². The fraction of sp³-hybridized carbons (Fsp3) is 0.455. The molecule has 1 N–H and O–H groups in total. The molecule has 1 nitrogen and oxygen atoms in total. The van der Waals surface area contributed by atoms with E-state index < -0.39 is 0 Å². The molecule has 0 fully saturated rings. The van der Waals surface area contributed by atoms with Gasteiger partial charge in [0.2, 0.25) is 0 Å². The Morgan fingerprint density at radius 2 is 2.33 bits per heavy atom. The van der Waals surface area contributed by atoms with Gasteiger partial charge >= 0.3 is 0 Å². The third-order valence-corrected chi connectivity index (χ3v) is 3.01. The van der Waals surface area contributed by atoms with Crippen LogP contribution in [-0.4, -0.2) is 6.04 Å². The van der Waals surface area contributed by atoms with Crippen LogP contribution < -0.4 is 5.32 Å². The van der Waals surface area contributed by atoms with Gasteiger partial charge in [0.15, 0.2) is 0 Å². The standard InChI is InChI=1S/C11H15N/c1-3-9-8-12-10-6-4-5-7-11(9,10)2/h4-8,10,12H,3H2,1-2H3. The van der Waals surface area contributed by atoms with E-state index in [2.05, 4.69) is 49.7 Å². The second-order valence-corrected chi connectivity index (χ2v) is 3.69. The molecule has 2 atom stereocenters. The molecule has 0 saturated carbocycles. The van der Waals surface area contributed by atoms with Gasteiger partial charge in [-0.1, -0.05) is 31.2 Å². The van der Waals surface area contributed by atoms with Crippen LogP contribution in [0, 0.1) is 5.41 Å². The smallest absolute Gasteiger partial charge is 0.0568 e. The van der Waals surface area contributed by atoms with E-state index in [1.54, 1.807) is 0 Å². The molecule has 1 heterocycles. The molecule has 0 aromatic carbocycles. The van der Waals surface area contributed by atoms with Crippen molar-refractivity contribution in [3.63, 3.8) is 0 Å². The lowest BCUT2D eigenvalue weighted by molar-refractivity contribution is 0.442. The van der Waals surface area contributed by atoms with Crippen molar-refractivity contribution in [1.29, 1.82) is 0 Å². The molecule has 1 aliphatic carbocycles. The third kappa shape index (κ3) is 0.857. The molecule has 0 amide bonds. The maximum atomic E-state index is 3.40. The quantitative estimate of drug-likeness (QED) is 0.622. The summed E-state index contributed by atoms with van der Waals surface area (Å²) in [5, 5.41) is 3.40. The minimum atomic E-state index is 0.240. The fourth-order valence-corrected chi connectivity index (χ4v) is 2.10. The van der Waals surface area contributed by atoms with Crippen LogP contribution in [0.5, 0.6) is 0 Å². The highest BCUT2D eigenvalue weighted by Crippen LogP contribution is 2.40. The Morgan fingerprint density at radius 3 is 3.08 bits per heavy atom. The molecular weight excluding hydrogens is 146 g/mol. The van der Waals surface area contributed by atoms with Crippen molar-refractivity contribution in [2.24, 2.45) is 5.41 Å². The van der Waals surface area contributed by atoms with E-state index in [-0.39, 0.29) is 5.41 Å². The molecule has 0 bridgehead atoms. The van der Waals surface area contributed by atoms with E-state index in [9.17, 15) is 0 Å². The van der Waals surface area contributed by atoms with Gasteiger partial charge in [-0.2, -0.15) is 0 Å². The van der Waals surface area contributed by atoms with E-state index in [1.807, 2.05) is 0 Å². The van der Waals surface area contributed by atoms with Gasteiger partial charge in [0, 0.05) is 5.41 Å². The summed E-state index contributed by atoms with van der Waals surface area (Å²) in [6.45, 7) is 4.51. The highest BCUT2D eigenvalue weighted by atomic mass is 14.9. The van der Waals surface area contributed by atoms with Crippen molar-refractivity contribution in [2.45, 2.75) is 26.3 Å². The van der Waals surface area contributed by atoms with Crippen LogP contribution in [0.4, 0.5) is 0 Å². The number of hydrogen-bond donors (Lipinski definition) is 1. The second kappa shape index (κ2) is 2.51. The molecule has 0 radical (unpaired) electrons. The van der Waals surface area contributed by atoms with Crippen LogP contribution in [0.1, 0.15) is 20.3 Å². The van der Waals surface area contributed by atoms with E-state index in [0.717, 1.165) is 6.42 Å². The lowest BCUT2D eigenvalue weighted by atomic mass is 9.75. The number of nitrogens with one attached hydrogen (secondary N) is 1. The zero-order valence-corrected chi connectivity index (χ0v) is 7.67. The van der Waals surface area contributed by atoms with E-state index >= 15 is 0 Å². The maximum absolute atomic E-state index is 3.40. The molecule has 1 heteroatoms. The minimum absolute atomic E-state index is 0.240. The number of hydrogen-bond acceptors (Lipinski definition) is 1. The van der Waals surface area contributed by atoms with Crippen LogP contribution in [0.3, 0.4) is 0 Å². The van der Waals surface area contributed by atoms with Crippen LogP contribution in [0.15, 0.2) is 36.1 Å². The summed E-state index contributed by atoms with van der Waals surface area (Å²) in [6.07, 6.45) is 12.1. The summed E-state index contributed by atoms with van der Waals surface area (Å²) in [5.74, 6) is 0. The first-order chi connectivity index (χ1) is 5.77. The molecular formula is C11H15N. The van der Waals surface area contributed by atoms with Crippen LogP contribution in [0.25, 0.3) is 0 Å². The second-order valence-electron chi connectivity index (χ2n) is 3.69. The van der Waals surface area contributed by atoms with Gasteiger partial charge < -0.3 is 5.32 Å². The summed E-state index contributed by atoms with van der Waals surface area (Å²) in [7, 11) is 0. The van der Waals surface area contributed by atoms with Crippen molar-refractivity contribution in [2.75, 3.05) is 0 Å². The average Bonchev–Trinajstić information content (AvgIpc) is 2.41. The number of rotatable bonds is 1. The van der Waals surface area contributed by atoms with Gasteiger partial charge in [0.1, 0.15) is 0 Å². The zero-order chi connectivity index (χ0) is 8.60. The Hall–Kier alpha value is -0.980. The molecule has 0 spiro atoms. The van der Waals surface area contributed by atoms with E-state index in [1.165, 1.54) is 5.57 Å². The monoisotopic (exact) mass is 161 g/mol. The Bertz CT molecular complexity index is 273. The third-order valence-electron chi connectivity index (χ3n) is 3.01. The highest BCUT2D eigenvalue weighted by molar-refractivity contribution is 5.37. The minimum Gasteiger partial charge on any atom is -0.383 e. The lowest BCUT2D eigenvalue weighted by Gasteiger charge is -2.31. The fourth-order valence-electron chi connectivity index (χ4n) is 2.10. The Morgan fingerprint density at radius 1 is 1.50 bits per heavy atom. The SMILES string of the molecule is CCC1=CNC2C=CC=CC12C. The summed E-state index contributed by atoms with van der Waals surface area (Å²) in [5.41, 5.74) is 1.75. The van der Waals surface area contributed by atoms with Crippen molar-refractivity contribution >= 4 is 0 Å². The van der Waals surface area contributed by atoms with Gasteiger partial charge in [-0.3, -0.25) is 0 Å². The first kappa shape index (κ1) is 7.66. The molecule has 2 unspecified atom stereocenters. The molecule has 64 valence electrons. The molecule has 1 aliphatic heterocycles. The van der Waals surface area contributed by atoms with Crippen molar-refractivity contribution in [3.8, 4) is 0 Å². The molecule has 0 aromatic rings. The first-order valence-electron chi connectivity index (χ1n) is 4.59. The van der Waals surface area contributed by atoms with Crippen molar-refractivity contribution < 1.29 is 0 Å². The van der Waals surface area contributed by atoms with Crippen LogP contribution >= 0.6 is 0 Å². The van der Waals surface area contributed by atoms with Gasteiger partial charge in [0.05, 0.1) is 6.04 Å². The summed E-state index contributed by atoms with van der Waals surface area (Å²) < 4.78 is 0.